The molecule has 0 saturated carbocycles. The van der Waals surface area contributed by atoms with Crippen molar-refractivity contribution in [3.8, 4) is 5.75 Å². The maximum Gasteiger partial charge on any atom is 0.243 e. The van der Waals surface area contributed by atoms with Crippen LogP contribution in [0.25, 0.3) is 11.0 Å². The fourth-order valence-electron chi connectivity index (χ4n) is 6.48. The number of fused-ring (bicyclic) bond motifs is 1. The Hall–Kier alpha value is -4.24. The molecule has 2 N–H and O–H groups in total. The molecule has 0 spiro atoms. The zero-order valence-corrected chi connectivity index (χ0v) is 25.1. The smallest absolute Gasteiger partial charge is 0.243 e. The van der Waals surface area contributed by atoms with Crippen LogP contribution in [0.4, 0.5) is 0 Å². The van der Waals surface area contributed by atoms with Gasteiger partial charge in [0.15, 0.2) is 0 Å². The lowest BCUT2D eigenvalue weighted by Crippen LogP contribution is -2.51. The van der Waals surface area contributed by atoms with Crippen molar-refractivity contribution >= 4 is 22.8 Å². The Labute approximate surface area is 252 Å². The summed E-state index contributed by atoms with van der Waals surface area (Å²) in [6, 6.07) is 23.6. The van der Waals surface area contributed by atoms with E-state index in [2.05, 4.69) is 45.2 Å². The number of nitrogens with zero attached hydrogens (tertiary/aromatic N) is 4. The van der Waals surface area contributed by atoms with E-state index in [1.165, 1.54) is 11.1 Å². The highest BCUT2D eigenvalue weighted by Crippen LogP contribution is 2.32. The fraction of sp³-hybridized carbons (Fsp3) is 0.412. The van der Waals surface area contributed by atoms with Crippen LogP contribution in [0.3, 0.4) is 0 Å². The standard InChI is InChI=1S/C34H40N6O3/c1-22(2)43-28-12-9-23(10-13-28)15-25-17-32(33(41)36-19-24-11-14-31-29(16-24)37-38-39(31)3)40(21-25)34(42)30-18-27(20-35-30)26-7-5-4-6-8-26/h4-14,16,22,25,27,30,32,35H,15,17-21H2,1-3H3,(H,36,41)/t25?,27-,30-,32+/m1/s1. The SMILES string of the molecule is CC(C)Oc1ccc(CC2C[C@@H](C(=O)NCc3ccc4c(c3)nnn4C)N(C(=O)[C@H]3C[C@@H](c4ccccc4)CN3)C2)cc1. The van der Waals surface area contributed by atoms with Crippen LogP contribution in [-0.2, 0) is 29.6 Å². The summed E-state index contributed by atoms with van der Waals surface area (Å²) < 4.78 is 7.53. The molecule has 0 bridgehead atoms. The summed E-state index contributed by atoms with van der Waals surface area (Å²) in [4.78, 5) is 29.5. The molecular formula is C34H40N6O3. The van der Waals surface area contributed by atoms with Gasteiger partial charge in [-0.05, 0) is 85.9 Å². The largest absolute Gasteiger partial charge is 0.491 e. The second kappa shape index (κ2) is 12.6. The summed E-state index contributed by atoms with van der Waals surface area (Å²) in [5.41, 5.74) is 5.09. The normalized spacial score (nSPS) is 21.9. The highest BCUT2D eigenvalue weighted by atomic mass is 16.5. The van der Waals surface area contributed by atoms with Gasteiger partial charge >= 0.3 is 0 Å². The monoisotopic (exact) mass is 580 g/mol. The average Bonchev–Trinajstić information content (AvgIpc) is 3.76. The number of carbonyl (C=O) groups excluding carboxylic acids is 2. The average molecular weight is 581 g/mol. The number of ether oxygens (including phenoxy) is 1. The first-order chi connectivity index (χ1) is 20.8. The van der Waals surface area contributed by atoms with Crippen molar-refractivity contribution < 1.29 is 14.3 Å². The first kappa shape index (κ1) is 28.9. The van der Waals surface area contributed by atoms with Gasteiger partial charge in [-0.25, -0.2) is 4.68 Å². The molecule has 0 radical (unpaired) electrons. The number of amides is 2. The van der Waals surface area contributed by atoms with Gasteiger partial charge in [0.1, 0.15) is 17.3 Å². The summed E-state index contributed by atoms with van der Waals surface area (Å²) in [5.74, 6) is 1.21. The first-order valence-corrected chi connectivity index (χ1v) is 15.2. The van der Waals surface area contributed by atoms with Crippen LogP contribution in [0.15, 0.2) is 72.8 Å². The molecule has 2 fully saturated rings. The molecule has 2 amide bonds. The summed E-state index contributed by atoms with van der Waals surface area (Å²) in [5, 5.41) is 14.8. The summed E-state index contributed by atoms with van der Waals surface area (Å²) in [6.45, 7) is 5.70. The number of rotatable bonds is 9. The van der Waals surface area contributed by atoms with Crippen LogP contribution in [0.1, 0.15) is 49.3 Å². The molecule has 2 aliphatic rings. The maximum atomic E-state index is 14.0. The van der Waals surface area contributed by atoms with Crippen LogP contribution < -0.4 is 15.4 Å². The Kier molecular flexibility index (Phi) is 8.42. The highest BCUT2D eigenvalue weighted by Gasteiger charge is 2.43. The number of aromatic nitrogens is 3. The lowest BCUT2D eigenvalue weighted by Gasteiger charge is -2.27. The van der Waals surface area contributed by atoms with Crippen LogP contribution in [0.2, 0.25) is 0 Å². The van der Waals surface area contributed by atoms with Crippen molar-refractivity contribution in [2.24, 2.45) is 13.0 Å². The van der Waals surface area contributed by atoms with Crippen LogP contribution in [-0.4, -0.2) is 63.0 Å². The van der Waals surface area contributed by atoms with Gasteiger partial charge in [-0.1, -0.05) is 53.7 Å². The molecule has 4 aromatic rings. The number of benzene rings is 3. The number of nitrogens with one attached hydrogen (secondary N) is 2. The predicted molar refractivity (Wildman–Crippen MR) is 165 cm³/mol. The van der Waals surface area contributed by atoms with Crippen molar-refractivity contribution in [1.29, 1.82) is 0 Å². The zero-order chi connectivity index (χ0) is 29.9. The van der Waals surface area contributed by atoms with Crippen molar-refractivity contribution in [3.63, 3.8) is 0 Å². The minimum absolute atomic E-state index is 0.0164. The van der Waals surface area contributed by atoms with Crippen molar-refractivity contribution in [1.82, 2.24) is 30.5 Å². The van der Waals surface area contributed by atoms with Crippen molar-refractivity contribution in [2.45, 2.75) is 63.8 Å². The minimum Gasteiger partial charge on any atom is -0.491 e. The van der Waals surface area contributed by atoms with Crippen molar-refractivity contribution in [2.75, 3.05) is 13.1 Å². The van der Waals surface area contributed by atoms with Crippen LogP contribution >= 0.6 is 0 Å². The molecule has 9 nitrogen and oxygen atoms in total. The van der Waals surface area contributed by atoms with E-state index in [0.29, 0.717) is 19.5 Å². The molecule has 43 heavy (non-hydrogen) atoms. The number of hydrogen-bond donors (Lipinski definition) is 2. The van der Waals surface area contributed by atoms with Gasteiger partial charge in [-0.15, -0.1) is 5.10 Å². The molecule has 9 heteroatoms. The van der Waals surface area contributed by atoms with Gasteiger partial charge in [0.05, 0.1) is 17.7 Å². The Balaban J connectivity index is 1.15. The second-order valence-electron chi connectivity index (χ2n) is 12.2. The van der Waals surface area contributed by atoms with E-state index in [4.69, 9.17) is 4.74 Å². The third kappa shape index (κ3) is 6.57. The Morgan fingerprint density at radius 3 is 2.56 bits per heavy atom. The highest BCUT2D eigenvalue weighted by molar-refractivity contribution is 5.90. The number of aryl methyl sites for hydroxylation is 1. The number of carbonyl (C=O) groups is 2. The molecule has 224 valence electrons. The molecule has 4 atom stereocenters. The predicted octanol–water partition coefficient (Wildman–Crippen LogP) is 3.98. The molecule has 1 unspecified atom stereocenters. The summed E-state index contributed by atoms with van der Waals surface area (Å²) in [7, 11) is 1.86. The zero-order valence-electron chi connectivity index (χ0n) is 25.1. The number of likely N-dealkylation sites (tertiary alicyclic amines) is 1. The molecular weight excluding hydrogens is 540 g/mol. The summed E-state index contributed by atoms with van der Waals surface area (Å²) >= 11 is 0. The van der Waals surface area contributed by atoms with Gasteiger partial charge in [-0.2, -0.15) is 0 Å². The van der Waals surface area contributed by atoms with Gasteiger partial charge < -0.3 is 20.3 Å². The Bertz CT molecular complexity index is 1570. The van der Waals surface area contributed by atoms with Crippen molar-refractivity contribution in [3.05, 3.63) is 89.5 Å². The molecule has 2 aliphatic heterocycles. The van der Waals surface area contributed by atoms with E-state index in [0.717, 1.165) is 41.7 Å². The lowest BCUT2D eigenvalue weighted by atomic mass is 9.96. The Morgan fingerprint density at radius 1 is 1.02 bits per heavy atom. The van der Waals surface area contributed by atoms with Gasteiger partial charge in [-0.3, -0.25) is 9.59 Å². The second-order valence-corrected chi connectivity index (χ2v) is 12.2. The van der Waals surface area contributed by atoms with E-state index in [1.807, 2.05) is 74.3 Å². The first-order valence-electron chi connectivity index (χ1n) is 15.2. The number of hydrogen-bond acceptors (Lipinski definition) is 6. The molecule has 2 saturated heterocycles. The molecule has 3 aromatic carbocycles. The lowest BCUT2D eigenvalue weighted by molar-refractivity contribution is -0.139. The van der Waals surface area contributed by atoms with Crippen LogP contribution in [0.5, 0.6) is 5.75 Å². The third-order valence-corrected chi connectivity index (χ3v) is 8.63. The van der Waals surface area contributed by atoms with E-state index < -0.39 is 6.04 Å². The van der Waals surface area contributed by atoms with Crippen LogP contribution in [0, 0.1) is 5.92 Å². The van der Waals surface area contributed by atoms with Gasteiger partial charge in [0.25, 0.3) is 0 Å². The van der Waals surface area contributed by atoms with E-state index in [-0.39, 0.29) is 35.8 Å². The van der Waals surface area contributed by atoms with Gasteiger partial charge in [0, 0.05) is 26.7 Å². The molecule has 1 aromatic heterocycles. The fourth-order valence-corrected chi connectivity index (χ4v) is 6.48. The van der Waals surface area contributed by atoms with E-state index >= 15 is 0 Å². The molecule has 3 heterocycles. The topological polar surface area (TPSA) is 101 Å². The Morgan fingerprint density at radius 2 is 1.79 bits per heavy atom. The van der Waals surface area contributed by atoms with Gasteiger partial charge in [0.2, 0.25) is 11.8 Å². The minimum atomic E-state index is -0.515. The van der Waals surface area contributed by atoms with E-state index in [9.17, 15) is 9.59 Å². The molecule has 0 aliphatic carbocycles. The third-order valence-electron chi connectivity index (χ3n) is 8.63. The van der Waals surface area contributed by atoms with E-state index in [1.54, 1.807) is 4.68 Å². The molecule has 6 rings (SSSR count). The quantitative estimate of drug-likeness (QED) is 0.311. The maximum absolute atomic E-state index is 14.0. The summed E-state index contributed by atoms with van der Waals surface area (Å²) in [6.07, 6.45) is 2.27.